The van der Waals surface area contributed by atoms with Gasteiger partial charge in [0.05, 0.1) is 35.7 Å². The summed E-state index contributed by atoms with van der Waals surface area (Å²) in [5.41, 5.74) is 0.0510. The quantitative estimate of drug-likeness (QED) is 0.250. The summed E-state index contributed by atoms with van der Waals surface area (Å²) in [6.45, 7) is 0.298. The van der Waals surface area contributed by atoms with Crippen LogP contribution in [0, 0.1) is 10.1 Å². The first kappa shape index (κ1) is 21.2. The van der Waals surface area contributed by atoms with Crippen LogP contribution in [0.4, 0.5) is 19.0 Å². The van der Waals surface area contributed by atoms with Crippen molar-refractivity contribution in [2.24, 2.45) is 0 Å². The van der Waals surface area contributed by atoms with Crippen LogP contribution in [-0.2, 0) is 19.1 Å². The lowest BCUT2D eigenvalue weighted by Gasteiger charge is -2.08. The summed E-state index contributed by atoms with van der Waals surface area (Å²) in [7, 11) is 0. The van der Waals surface area contributed by atoms with Crippen molar-refractivity contribution < 1.29 is 22.5 Å². The number of nitrogens with zero attached hydrogens (tertiary/aromatic N) is 8. The monoisotopic (exact) mass is 500 g/mol. The van der Waals surface area contributed by atoms with E-state index in [-0.39, 0.29) is 22.0 Å². The molecule has 0 aromatic carbocycles. The summed E-state index contributed by atoms with van der Waals surface area (Å²) in [6.07, 6.45) is -0.0183. The molecule has 6 heterocycles. The smallest absolute Gasteiger partial charge is 0.433 e. The number of aryl methyl sites for hydroxylation is 2. The fraction of sp³-hybridized carbons (Fsp3) is 0.150. The van der Waals surface area contributed by atoms with Crippen LogP contribution in [0.25, 0.3) is 37.4 Å². The van der Waals surface area contributed by atoms with Crippen LogP contribution < -0.4 is 0 Å². The normalized spacial score (nSPS) is 12.3. The highest BCUT2D eigenvalue weighted by molar-refractivity contribution is 7.26. The zero-order chi connectivity index (χ0) is 24.3. The standard InChI is InChI=1S/C20H11F3N8O3S/c21-20(22,23)12-8-10(11-2-1-7-34-11)15-16-17(35-19(15)25-12)18-26-13(27-30(18)9-24-16)3-5-29-6-4-14(28-29)31(32)33/h1-2,4,6-9H,3,5H2. The maximum absolute atomic E-state index is 13.5. The Morgan fingerprint density at radius 2 is 2.06 bits per heavy atom. The summed E-state index contributed by atoms with van der Waals surface area (Å²) >= 11 is 1.04. The topological polar surface area (TPSA) is 130 Å². The zero-order valence-electron chi connectivity index (χ0n) is 17.3. The maximum atomic E-state index is 13.5. The van der Waals surface area contributed by atoms with Crippen molar-refractivity contribution in [2.45, 2.75) is 19.1 Å². The van der Waals surface area contributed by atoms with E-state index in [0.29, 0.717) is 40.0 Å². The molecule has 0 aliphatic rings. The van der Waals surface area contributed by atoms with Crippen molar-refractivity contribution in [3.63, 3.8) is 0 Å². The molecule has 0 radical (unpaired) electrons. The van der Waals surface area contributed by atoms with Gasteiger partial charge in [-0.1, -0.05) is 0 Å². The number of hydrogen-bond donors (Lipinski definition) is 0. The largest absolute Gasteiger partial charge is 0.464 e. The van der Waals surface area contributed by atoms with E-state index in [1.54, 1.807) is 12.1 Å². The van der Waals surface area contributed by atoms with Crippen LogP contribution in [0.2, 0.25) is 0 Å². The lowest BCUT2D eigenvalue weighted by Crippen LogP contribution is -2.07. The molecule has 0 bridgehead atoms. The Morgan fingerprint density at radius 1 is 1.20 bits per heavy atom. The van der Waals surface area contributed by atoms with Crippen molar-refractivity contribution in [1.29, 1.82) is 0 Å². The Labute approximate surface area is 195 Å². The number of nitro groups is 1. The molecule has 6 aromatic rings. The molecule has 35 heavy (non-hydrogen) atoms. The van der Waals surface area contributed by atoms with Gasteiger partial charge in [-0.25, -0.2) is 19.5 Å². The number of halogens is 3. The number of hydrogen-bond acceptors (Lipinski definition) is 9. The number of alkyl halides is 3. The summed E-state index contributed by atoms with van der Waals surface area (Å²) < 4.78 is 49.4. The zero-order valence-corrected chi connectivity index (χ0v) is 18.1. The molecule has 11 nitrogen and oxygen atoms in total. The Bertz CT molecular complexity index is 1740. The highest BCUT2D eigenvalue weighted by Crippen LogP contribution is 2.42. The SMILES string of the molecule is O=[N+]([O-])c1ccn(CCc2nc3c4sc5nc(C(F)(F)F)cc(-c6ccco6)c5c4ncn3n2)n1. The van der Waals surface area contributed by atoms with Gasteiger partial charge in [0, 0.05) is 17.4 Å². The maximum Gasteiger partial charge on any atom is 0.433 e. The van der Waals surface area contributed by atoms with Crippen molar-refractivity contribution >= 4 is 43.2 Å². The van der Waals surface area contributed by atoms with Crippen LogP contribution in [0.15, 0.2) is 47.5 Å². The van der Waals surface area contributed by atoms with E-state index >= 15 is 0 Å². The van der Waals surface area contributed by atoms with Gasteiger partial charge in [-0.3, -0.25) is 0 Å². The van der Waals surface area contributed by atoms with E-state index in [1.165, 1.54) is 34.1 Å². The molecule has 0 fully saturated rings. The van der Waals surface area contributed by atoms with Crippen molar-refractivity contribution in [3.8, 4) is 11.3 Å². The fourth-order valence-electron chi connectivity index (χ4n) is 3.74. The Hall–Kier alpha value is -4.40. The third kappa shape index (κ3) is 3.56. The second-order valence-electron chi connectivity index (χ2n) is 7.47. The van der Waals surface area contributed by atoms with Crippen LogP contribution in [-0.4, -0.2) is 39.3 Å². The number of aromatic nitrogens is 7. The first-order valence-corrected chi connectivity index (χ1v) is 10.9. The Balaban J connectivity index is 1.46. The van der Waals surface area contributed by atoms with Gasteiger partial charge in [-0.05, 0) is 23.1 Å². The van der Waals surface area contributed by atoms with E-state index in [9.17, 15) is 23.3 Å². The van der Waals surface area contributed by atoms with Gasteiger partial charge in [0.2, 0.25) is 0 Å². The number of pyridine rings is 1. The minimum atomic E-state index is -4.64. The van der Waals surface area contributed by atoms with E-state index < -0.39 is 16.8 Å². The summed E-state index contributed by atoms with van der Waals surface area (Å²) in [6, 6.07) is 5.41. The lowest BCUT2D eigenvalue weighted by molar-refractivity contribution is -0.389. The first-order valence-electron chi connectivity index (χ1n) is 10.0. The van der Waals surface area contributed by atoms with E-state index in [1.807, 2.05) is 0 Å². The predicted molar refractivity (Wildman–Crippen MR) is 117 cm³/mol. The average molecular weight is 500 g/mol. The molecule has 0 unspecified atom stereocenters. The van der Waals surface area contributed by atoms with Crippen molar-refractivity contribution in [1.82, 2.24) is 34.3 Å². The van der Waals surface area contributed by atoms with Gasteiger partial charge in [0.1, 0.15) is 27.3 Å². The molecule has 0 aliphatic heterocycles. The highest BCUT2D eigenvalue weighted by atomic mass is 32.1. The second-order valence-corrected chi connectivity index (χ2v) is 8.47. The van der Waals surface area contributed by atoms with E-state index in [2.05, 4.69) is 25.1 Å². The molecule has 0 aliphatic carbocycles. The molecule has 0 spiro atoms. The third-order valence-electron chi connectivity index (χ3n) is 5.27. The summed E-state index contributed by atoms with van der Waals surface area (Å²) in [4.78, 5) is 23.2. The molecular formula is C20H11F3N8O3S. The molecule has 0 saturated heterocycles. The van der Waals surface area contributed by atoms with Crippen LogP contribution in [0.5, 0.6) is 0 Å². The molecule has 6 aromatic heterocycles. The van der Waals surface area contributed by atoms with E-state index in [4.69, 9.17) is 4.42 Å². The highest BCUT2D eigenvalue weighted by Gasteiger charge is 2.34. The summed E-state index contributed by atoms with van der Waals surface area (Å²) in [5, 5.41) is 19.5. The summed E-state index contributed by atoms with van der Waals surface area (Å²) in [5.74, 6) is 0.423. The first-order chi connectivity index (χ1) is 16.8. The molecule has 6 rings (SSSR count). The number of fused-ring (bicyclic) bond motifs is 5. The van der Waals surface area contributed by atoms with Crippen LogP contribution in [0.3, 0.4) is 0 Å². The average Bonchev–Trinajstić information content (AvgIpc) is 3.61. The predicted octanol–water partition coefficient (Wildman–Crippen LogP) is 4.51. The number of thiophene rings is 1. The van der Waals surface area contributed by atoms with Gasteiger partial charge in [-0.15, -0.1) is 16.4 Å². The molecule has 0 N–H and O–H groups in total. The Morgan fingerprint density at radius 3 is 2.77 bits per heavy atom. The molecule has 0 saturated carbocycles. The Kier molecular flexibility index (Phi) is 4.57. The van der Waals surface area contributed by atoms with E-state index in [0.717, 1.165) is 17.4 Å². The third-order valence-corrected chi connectivity index (χ3v) is 6.34. The van der Waals surface area contributed by atoms with Gasteiger partial charge >= 0.3 is 12.0 Å². The molecule has 176 valence electrons. The lowest BCUT2D eigenvalue weighted by atomic mass is 10.1. The minimum Gasteiger partial charge on any atom is -0.464 e. The van der Waals surface area contributed by atoms with Crippen LogP contribution >= 0.6 is 11.3 Å². The molecule has 0 atom stereocenters. The van der Waals surface area contributed by atoms with Crippen molar-refractivity contribution in [2.75, 3.05) is 0 Å². The van der Waals surface area contributed by atoms with Gasteiger partial charge in [0.25, 0.3) is 0 Å². The van der Waals surface area contributed by atoms with Gasteiger partial charge in [0.15, 0.2) is 11.5 Å². The van der Waals surface area contributed by atoms with Crippen LogP contribution in [0.1, 0.15) is 11.5 Å². The van der Waals surface area contributed by atoms with Crippen molar-refractivity contribution in [3.05, 3.63) is 64.7 Å². The van der Waals surface area contributed by atoms with Gasteiger partial charge < -0.3 is 14.5 Å². The fourth-order valence-corrected chi connectivity index (χ4v) is 4.87. The number of rotatable bonds is 5. The second kappa shape index (κ2) is 7.56. The molecular weight excluding hydrogens is 489 g/mol. The molecule has 15 heteroatoms. The number of furan rings is 1. The van der Waals surface area contributed by atoms with Gasteiger partial charge in [-0.2, -0.15) is 17.9 Å². The molecule has 0 amide bonds. The minimum absolute atomic E-state index is 0.148.